The lowest BCUT2D eigenvalue weighted by atomic mass is 9.73. The van der Waals surface area contributed by atoms with Gasteiger partial charge in [-0.05, 0) is 54.9 Å². The molecule has 2 aromatic heterocycles. The first-order valence-electron chi connectivity index (χ1n) is 11.1. The van der Waals surface area contributed by atoms with Gasteiger partial charge in [-0.25, -0.2) is 9.67 Å². The second-order valence-corrected chi connectivity index (χ2v) is 9.52. The number of anilines is 2. The maximum absolute atomic E-state index is 10.2. The average molecular weight is 466 g/mol. The van der Waals surface area contributed by atoms with Crippen LogP contribution in [0.5, 0.6) is 0 Å². The summed E-state index contributed by atoms with van der Waals surface area (Å²) in [6, 6.07) is 10.1. The molecule has 0 amide bonds. The van der Waals surface area contributed by atoms with E-state index in [0.29, 0.717) is 28.9 Å². The maximum Gasteiger partial charge on any atom is 0.224 e. The molecule has 33 heavy (non-hydrogen) atoms. The molecule has 8 nitrogen and oxygen atoms in total. The molecule has 1 aromatic carbocycles. The van der Waals surface area contributed by atoms with Crippen molar-refractivity contribution in [1.29, 1.82) is 5.26 Å². The van der Waals surface area contributed by atoms with E-state index in [1.165, 1.54) is 6.20 Å². The minimum atomic E-state index is -0.310. The van der Waals surface area contributed by atoms with Gasteiger partial charge < -0.3 is 15.7 Å². The van der Waals surface area contributed by atoms with Crippen molar-refractivity contribution in [3.8, 4) is 11.8 Å². The summed E-state index contributed by atoms with van der Waals surface area (Å²) in [6.45, 7) is 4.75. The Balaban J connectivity index is 1.38. The number of nitrogens with one attached hydrogen (secondary N) is 2. The molecular weight excluding hydrogens is 438 g/mol. The Morgan fingerprint density at radius 3 is 2.88 bits per heavy atom. The standard InChI is InChI=1S/C24H28ClN7O/c1-24(2)13-18(5-7-21(24)33)30-22-17(14-26)15-28-23(31-22)27-10-8-16-4-6-20(19(25)12-16)32-11-3-9-29-32/h3-4,6,9,11-12,15,18,21,33H,5,7-8,10,13H2,1-2H3,(H2,27,28,30,31)/t18-,21+/m1/s1. The van der Waals surface area contributed by atoms with Crippen LogP contribution in [-0.4, -0.2) is 43.5 Å². The Bertz CT molecular complexity index is 1140. The van der Waals surface area contributed by atoms with Gasteiger partial charge in [-0.3, -0.25) is 0 Å². The lowest BCUT2D eigenvalue weighted by molar-refractivity contribution is 0.00926. The number of aromatic nitrogens is 4. The molecule has 0 unspecified atom stereocenters. The third-order valence-electron chi connectivity index (χ3n) is 6.17. The smallest absolute Gasteiger partial charge is 0.224 e. The summed E-state index contributed by atoms with van der Waals surface area (Å²) >= 11 is 6.43. The third kappa shape index (κ3) is 5.44. The van der Waals surface area contributed by atoms with Gasteiger partial charge in [0.2, 0.25) is 5.95 Å². The quantitative estimate of drug-likeness (QED) is 0.479. The van der Waals surface area contributed by atoms with Crippen LogP contribution in [0, 0.1) is 16.7 Å². The van der Waals surface area contributed by atoms with E-state index in [0.717, 1.165) is 36.9 Å². The van der Waals surface area contributed by atoms with Crippen molar-refractivity contribution in [2.24, 2.45) is 5.41 Å². The van der Waals surface area contributed by atoms with Crippen molar-refractivity contribution < 1.29 is 5.11 Å². The van der Waals surface area contributed by atoms with Crippen LogP contribution >= 0.6 is 11.6 Å². The Morgan fingerprint density at radius 1 is 1.33 bits per heavy atom. The van der Waals surface area contributed by atoms with E-state index in [2.05, 4.69) is 45.6 Å². The molecule has 172 valence electrons. The van der Waals surface area contributed by atoms with Crippen molar-refractivity contribution in [2.45, 2.75) is 51.7 Å². The van der Waals surface area contributed by atoms with Gasteiger partial charge in [-0.2, -0.15) is 15.3 Å². The first kappa shape index (κ1) is 23.0. The molecule has 4 rings (SSSR count). The predicted octanol–water partition coefficient (Wildman–Crippen LogP) is 4.19. The fraction of sp³-hybridized carbons (Fsp3) is 0.417. The molecule has 2 atom stereocenters. The number of nitriles is 1. The molecule has 3 N–H and O–H groups in total. The Labute approximate surface area is 198 Å². The van der Waals surface area contributed by atoms with E-state index in [1.807, 2.05) is 30.5 Å². The van der Waals surface area contributed by atoms with Crippen molar-refractivity contribution in [1.82, 2.24) is 19.7 Å². The van der Waals surface area contributed by atoms with E-state index in [1.54, 1.807) is 10.9 Å². The SMILES string of the molecule is CC1(C)C[C@H](Nc2nc(NCCc3ccc(-n4cccn4)c(Cl)c3)ncc2C#N)CC[C@@H]1O. The molecule has 0 bridgehead atoms. The van der Waals surface area contributed by atoms with Crippen LogP contribution < -0.4 is 10.6 Å². The van der Waals surface area contributed by atoms with Crippen LogP contribution in [0.2, 0.25) is 5.02 Å². The highest BCUT2D eigenvalue weighted by Gasteiger charge is 2.35. The first-order valence-corrected chi connectivity index (χ1v) is 11.5. The molecule has 0 aliphatic heterocycles. The second kappa shape index (κ2) is 9.77. The zero-order valence-electron chi connectivity index (χ0n) is 18.8. The predicted molar refractivity (Wildman–Crippen MR) is 129 cm³/mol. The van der Waals surface area contributed by atoms with Crippen LogP contribution in [0.1, 0.15) is 44.2 Å². The van der Waals surface area contributed by atoms with E-state index in [9.17, 15) is 10.4 Å². The lowest BCUT2D eigenvalue weighted by Gasteiger charge is -2.40. The van der Waals surface area contributed by atoms with Gasteiger partial charge in [0, 0.05) is 25.0 Å². The van der Waals surface area contributed by atoms with Gasteiger partial charge in [0.15, 0.2) is 0 Å². The minimum Gasteiger partial charge on any atom is -0.393 e. The van der Waals surface area contributed by atoms with Gasteiger partial charge in [0.1, 0.15) is 17.5 Å². The molecule has 3 aromatic rings. The van der Waals surface area contributed by atoms with Gasteiger partial charge in [0.05, 0.1) is 23.0 Å². The lowest BCUT2D eigenvalue weighted by Crippen LogP contribution is -2.41. The van der Waals surface area contributed by atoms with Gasteiger partial charge in [0.25, 0.3) is 0 Å². The molecule has 0 radical (unpaired) electrons. The molecule has 9 heteroatoms. The minimum absolute atomic E-state index is 0.147. The number of hydrogen-bond acceptors (Lipinski definition) is 7. The fourth-order valence-electron chi connectivity index (χ4n) is 4.22. The summed E-state index contributed by atoms with van der Waals surface area (Å²) in [6.07, 6.45) is 7.90. The molecule has 0 saturated heterocycles. The van der Waals surface area contributed by atoms with E-state index in [-0.39, 0.29) is 17.6 Å². The summed E-state index contributed by atoms with van der Waals surface area (Å²) in [5.41, 5.74) is 2.15. The zero-order chi connectivity index (χ0) is 23.4. The summed E-state index contributed by atoms with van der Waals surface area (Å²) in [7, 11) is 0. The number of rotatable bonds is 7. The van der Waals surface area contributed by atoms with Crippen molar-refractivity contribution >= 4 is 23.4 Å². The number of aliphatic hydroxyl groups is 1. The Morgan fingerprint density at radius 2 is 2.18 bits per heavy atom. The summed E-state index contributed by atoms with van der Waals surface area (Å²) in [4.78, 5) is 8.82. The van der Waals surface area contributed by atoms with Gasteiger partial charge >= 0.3 is 0 Å². The number of nitrogens with zero attached hydrogens (tertiary/aromatic N) is 5. The van der Waals surface area contributed by atoms with Crippen LogP contribution in [0.4, 0.5) is 11.8 Å². The van der Waals surface area contributed by atoms with Crippen molar-refractivity contribution in [2.75, 3.05) is 17.2 Å². The fourth-order valence-corrected chi connectivity index (χ4v) is 4.51. The largest absolute Gasteiger partial charge is 0.393 e. The van der Waals surface area contributed by atoms with E-state index in [4.69, 9.17) is 11.6 Å². The zero-order valence-corrected chi connectivity index (χ0v) is 19.5. The van der Waals surface area contributed by atoms with Crippen LogP contribution in [0.15, 0.2) is 42.9 Å². The average Bonchev–Trinajstić information content (AvgIpc) is 3.31. The number of hydrogen-bond donors (Lipinski definition) is 3. The van der Waals surface area contributed by atoms with Gasteiger partial charge in [-0.1, -0.05) is 31.5 Å². The maximum atomic E-state index is 10.2. The van der Waals surface area contributed by atoms with Crippen LogP contribution in [0.3, 0.4) is 0 Å². The Hall–Kier alpha value is -3.15. The normalized spacial score (nSPS) is 19.6. The molecule has 1 aliphatic carbocycles. The molecular formula is C24H28ClN7O. The summed E-state index contributed by atoms with van der Waals surface area (Å²) in [5.74, 6) is 0.990. The highest BCUT2D eigenvalue weighted by atomic mass is 35.5. The number of benzene rings is 1. The molecule has 1 aliphatic rings. The Kier molecular flexibility index (Phi) is 6.82. The number of aliphatic hydroxyl groups excluding tert-OH is 1. The molecule has 1 fully saturated rings. The summed E-state index contributed by atoms with van der Waals surface area (Å²) in [5, 5.41) is 31.2. The number of halogens is 1. The molecule has 2 heterocycles. The van der Waals surface area contributed by atoms with Gasteiger partial charge in [-0.15, -0.1) is 0 Å². The van der Waals surface area contributed by atoms with Crippen LogP contribution in [-0.2, 0) is 6.42 Å². The van der Waals surface area contributed by atoms with E-state index >= 15 is 0 Å². The monoisotopic (exact) mass is 465 g/mol. The topological polar surface area (TPSA) is 112 Å². The highest BCUT2D eigenvalue weighted by Crippen LogP contribution is 2.37. The first-order chi connectivity index (χ1) is 15.9. The van der Waals surface area contributed by atoms with Crippen molar-refractivity contribution in [3.05, 3.63) is 59.0 Å². The van der Waals surface area contributed by atoms with Crippen LogP contribution in [0.25, 0.3) is 5.69 Å². The summed E-state index contributed by atoms with van der Waals surface area (Å²) < 4.78 is 1.73. The molecule has 0 spiro atoms. The van der Waals surface area contributed by atoms with E-state index < -0.39 is 0 Å². The third-order valence-corrected chi connectivity index (χ3v) is 6.48. The van der Waals surface area contributed by atoms with Crippen molar-refractivity contribution in [3.63, 3.8) is 0 Å². The highest BCUT2D eigenvalue weighted by molar-refractivity contribution is 6.32. The second-order valence-electron chi connectivity index (χ2n) is 9.11. The molecule has 1 saturated carbocycles.